The van der Waals surface area contributed by atoms with E-state index in [0.29, 0.717) is 0 Å². The van der Waals surface area contributed by atoms with Crippen molar-refractivity contribution in [2.75, 3.05) is 14.2 Å². The summed E-state index contributed by atoms with van der Waals surface area (Å²) < 4.78 is 11.2. The number of ether oxygens (including phenoxy) is 2. The monoisotopic (exact) mass is 250 g/mol. The average molecular weight is 250 g/mol. The Balaban J connectivity index is 3.64. The van der Waals surface area contributed by atoms with Gasteiger partial charge in [0.1, 0.15) is 11.5 Å². The molecule has 0 radical (unpaired) electrons. The minimum Gasteiger partial charge on any atom is -0.496 e. The van der Waals surface area contributed by atoms with Crippen LogP contribution in [0.5, 0.6) is 11.5 Å². The van der Waals surface area contributed by atoms with Crippen LogP contribution in [-0.2, 0) is 10.8 Å². The van der Waals surface area contributed by atoms with Gasteiger partial charge >= 0.3 is 0 Å². The van der Waals surface area contributed by atoms with Crippen LogP contribution in [-0.4, -0.2) is 14.2 Å². The summed E-state index contributed by atoms with van der Waals surface area (Å²) in [6, 6.07) is 4.15. The number of methoxy groups -OCH3 is 2. The molecule has 0 N–H and O–H groups in total. The summed E-state index contributed by atoms with van der Waals surface area (Å²) in [7, 11) is 3.44. The number of rotatable bonds is 2. The lowest BCUT2D eigenvalue weighted by Crippen LogP contribution is -2.19. The molecule has 0 fully saturated rings. The molecule has 0 unspecified atom stereocenters. The maximum atomic E-state index is 5.69. The van der Waals surface area contributed by atoms with Crippen molar-refractivity contribution in [1.29, 1.82) is 0 Å². The van der Waals surface area contributed by atoms with Crippen molar-refractivity contribution in [3.8, 4) is 11.5 Å². The Morgan fingerprint density at radius 1 is 0.778 bits per heavy atom. The van der Waals surface area contributed by atoms with E-state index in [9.17, 15) is 0 Å². The highest BCUT2D eigenvalue weighted by Gasteiger charge is 2.29. The summed E-state index contributed by atoms with van der Waals surface area (Å²) in [5, 5.41) is 0. The van der Waals surface area contributed by atoms with Crippen LogP contribution in [0, 0.1) is 0 Å². The highest BCUT2D eigenvalue weighted by Crippen LogP contribution is 2.44. The molecule has 2 heteroatoms. The second-order valence-corrected chi connectivity index (χ2v) is 6.72. The Kier molecular flexibility index (Phi) is 3.99. The fourth-order valence-corrected chi connectivity index (χ4v) is 2.25. The van der Waals surface area contributed by atoms with E-state index in [4.69, 9.17) is 9.47 Å². The van der Waals surface area contributed by atoms with Gasteiger partial charge in [0.2, 0.25) is 0 Å². The summed E-state index contributed by atoms with van der Waals surface area (Å²) >= 11 is 0. The summed E-state index contributed by atoms with van der Waals surface area (Å²) in [6.07, 6.45) is 0. The van der Waals surface area contributed by atoms with Gasteiger partial charge in [0.15, 0.2) is 0 Å². The van der Waals surface area contributed by atoms with E-state index in [-0.39, 0.29) is 10.8 Å². The Bertz CT molecular complexity index is 420. The van der Waals surface area contributed by atoms with E-state index in [1.54, 1.807) is 14.2 Å². The van der Waals surface area contributed by atoms with Crippen LogP contribution >= 0.6 is 0 Å². The van der Waals surface area contributed by atoms with E-state index < -0.39 is 0 Å². The zero-order chi connectivity index (χ0) is 14.1. The maximum Gasteiger partial charge on any atom is 0.130 e. The number of benzene rings is 1. The SMILES string of the molecule is COc1ccc(C(C)(C)C)c(OC)c1C(C)(C)C. The van der Waals surface area contributed by atoms with Crippen molar-refractivity contribution >= 4 is 0 Å². The lowest BCUT2D eigenvalue weighted by molar-refractivity contribution is 0.358. The van der Waals surface area contributed by atoms with Crippen LogP contribution in [0.25, 0.3) is 0 Å². The summed E-state index contributed by atoms with van der Waals surface area (Å²) in [6.45, 7) is 13.1. The van der Waals surface area contributed by atoms with Gasteiger partial charge in [-0.1, -0.05) is 47.6 Å². The topological polar surface area (TPSA) is 18.5 Å². The average Bonchev–Trinajstić information content (AvgIpc) is 2.24. The van der Waals surface area contributed by atoms with E-state index in [0.717, 1.165) is 17.1 Å². The Labute approximate surface area is 111 Å². The highest BCUT2D eigenvalue weighted by atomic mass is 16.5. The van der Waals surface area contributed by atoms with Crippen molar-refractivity contribution in [2.24, 2.45) is 0 Å². The molecule has 0 saturated carbocycles. The Hall–Kier alpha value is -1.18. The van der Waals surface area contributed by atoms with Crippen LogP contribution in [0.1, 0.15) is 52.7 Å². The molecule has 0 spiro atoms. The van der Waals surface area contributed by atoms with Crippen molar-refractivity contribution in [3.63, 3.8) is 0 Å². The van der Waals surface area contributed by atoms with Gasteiger partial charge < -0.3 is 9.47 Å². The molecule has 0 heterocycles. The first-order valence-electron chi connectivity index (χ1n) is 6.39. The minimum atomic E-state index is -0.0159. The zero-order valence-electron chi connectivity index (χ0n) is 13.0. The Morgan fingerprint density at radius 3 is 1.67 bits per heavy atom. The number of hydrogen-bond donors (Lipinski definition) is 0. The quantitative estimate of drug-likeness (QED) is 0.779. The van der Waals surface area contributed by atoms with Gasteiger partial charge in [-0.3, -0.25) is 0 Å². The van der Waals surface area contributed by atoms with Gasteiger partial charge in [-0.15, -0.1) is 0 Å². The first kappa shape index (κ1) is 14.9. The van der Waals surface area contributed by atoms with Gasteiger partial charge in [0.25, 0.3) is 0 Å². The molecule has 0 atom stereocenters. The first-order valence-corrected chi connectivity index (χ1v) is 6.39. The Morgan fingerprint density at radius 2 is 1.33 bits per heavy atom. The van der Waals surface area contributed by atoms with E-state index in [1.807, 2.05) is 6.07 Å². The zero-order valence-corrected chi connectivity index (χ0v) is 13.0. The highest BCUT2D eigenvalue weighted by molar-refractivity contribution is 5.55. The van der Waals surface area contributed by atoms with Crippen LogP contribution in [0.4, 0.5) is 0 Å². The molecule has 1 aromatic carbocycles. The van der Waals surface area contributed by atoms with Crippen LogP contribution in [0.15, 0.2) is 12.1 Å². The van der Waals surface area contributed by atoms with Crippen LogP contribution in [0.3, 0.4) is 0 Å². The van der Waals surface area contributed by atoms with Crippen LogP contribution in [0.2, 0.25) is 0 Å². The predicted octanol–water partition coefficient (Wildman–Crippen LogP) is 4.30. The molecular weight excluding hydrogens is 224 g/mol. The molecule has 102 valence electrons. The molecular formula is C16H26O2. The molecule has 1 aromatic rings. The first-order chi connectivity index (χ1) is 8.12. The van der Waals surface area contributed by atoms with E-state index >= 15 is 0 Å². The van der Waals surface area contributed by atoms with Crippen molar-refractivity contribution in [3.05, 3.63) is 23.3 Å². The summed E-state index contributed by atoms with van der Waals surface area (Å²) in [4.78, 5) is 0. The molecule has 1 rings (SSSR count). The fraction of sp³-hybridized carbons (Fsp3) is 0.625. The lowest BCUT2D eigenvalue weighted by atomic mass is 9.79. The molecule has 18 heavy (non-hydrogen) atoms. The molecule has 0 saturated heterocycles. The van der Waals surface area contributed by atoms with E-state index in [1.165, 1.54) is 5.56 Å². The van der Waals surface area contributed by atoms with Gasteiger partial charge in [0, 0.05) is 11.1 Å². The molecule has 2 nitrogen and oxygen atoms in total. The molecule has 0 amide bonds. The van der Waals surface area contributed by atoms with Gasteiger partial charge in [-0.05, 0) is 16.9 Å². The van der Waals surface area contributed by atoms with Crippen molar-refractivity contribution < 1.29 is 9.47 Å². The van der Waals surface area contributed by atoms with Gasteiger partial charge in [0.05, 0.1) is 14.2 Å². The summed E-state index contributed by atoms with van der Waals surface area (Å²) in [5.74, 6) is 1.85. The third-order valence-electron chi connectivity index (χ3n) is 3.10. The molecule has 0 aliphatic rings. The van der Waals surface area contributed by atoms with Crippen molar-refractivity contribution in [2.45, 2.75) is 52.4 Å². The molecule has 0 aromatic heterocycles. The largest absolute Gasteiger partial charge is 0.496 e. The van der Waals surface area contributed by atoms with Gasteiger partial charge in [-0.2, -0.15) is 0 Å². The van der Waals surface area contributed by atoms with Gasteiger partial charge in [-0.25, -0.2) is 0 Å². The van der Waals surface area contributed by atoms with E-state index in [2.05, 4.69) is 47.6 Å². The third kappa shape index (κ3) is 2.80. The fourth-order valence-electron chi connectivity index (χ4n) is 2.25. The molecule has 0 aliphatic carbocycles. The van der Waals surface area contributed by atoms with Crippen LogP contribution < -0.4 is 9.47 Å². The molecule has 0 bridgehead atoms. The number of hydrogen-bond acceptors (Lipinski definition) is 2. The lowest BCUT2D eigenvalue weighted by Gasteiger charge is -2.30. The normalized spacial score (nSPS) is 12.4. The summed E-state index contributed by atoms with van der Waals surface area (Å²) in [5.41, 5.74) is 2.39. The van der Waals surface area contributed by atoms with Crippen molar-refractivity contribution in [1.82, 2.24) is 0 Å². The predicted molar refractivity (Wildman–Crippen MR) is 76.9 cm³/mol. The molecule has 0 aliphatic heterocycles. The smallest absolute Gasteiger partial charge is 0.130 e. The third-order valence-corrected chi connectivity index (χ3v) is 3.10. The second kappa shape index (κ2) is 4.83. The standard InChI is InChI=1S/C16H26O2/c1-15(2,3)11-9-10-12(17-7)13(14(11)18-8)16(4,5)6/h9-10H,1-8H3. The second-order valence-electron chi connectivity index (χ2n) is 6.72. The minimum absolute atomic E-state index is 0.0159. The maximum absolute atomic E-state index is 5.69.